The summed E-state index contributed by atoms with van der Waals surface area (Å²) in [5, 5.41) is 0. The van der Waals surface area contributed by atoms with Crippen LogP contribution in [0.2, 0.25) is 0 Å². The lowest BCUT2D eigenvalue weighted by molar-refractivity contribution is 0.0731. The van der Waals surface area contributed by atoms with E-state index in [1.54, 1.807) is 36.4 Å². The summed E-state index contributed by atoms with van der Waals surface area (Å²) >= 11 is 0. The molecule has 122 valence electrons. The number of ketones is 1. The van der Waals surface area contributed by atoms with Crippen molar-refractivity contribution in [2.45, 2.75) is 13.8 Å². The normalized spacial score (nSPS) is 12.5. The highest BCUT2D eigenvalue weighted by Gasteiger charge is 2.29. The summed E-state index contributed by atoms with van der Waals surface area (Å²) in [5.41, 5.74) is 1.58. The van der Waals surface area contributed by atoms with Crippen LogP contribution >= 0.6 is 0 Å². The smallest absolute Gasteiger partial charge is 0.347 e. The Hall–Kier alpha value is -3.08. The highest BCUT2D eigenvalue weighted by molar-refractivity contribution is 6.12. The lowest BCUT2D eigenvalue weighted by atomic mass is 10.1. The fraction of sp³-hybridized carbons (Fsp3) is 0.158. The van der Waals surface area contributed by atoms with Crippen LogP contribution < -0.4 is 14.2 Å². The monoisotopic (exact) mass is 324 g/mol. The fourth-order valence-corrected chi connectivity index (χ4v) is 2.42. The summed E-state index contributed by atoms with van der Waals surface area (Å²) in [6.07, 6.45) is 0. The van der Waals surface area contributed by atoms with Gasteiger partial charge in [-0.1, -0.05) is 12.1 Å². The van der Waals surface area contributed by atoms with Crippen molar-refractivity contribution in [1.29, 1.82) is 0 Å². The molecular weight excluding hydrogens is 308 g/mol. The number of Topliss-reactive ketones (excluding diaryl/α,β-unsaturated/α-hetero) is 1. The molecule has 0 aliphatic carbocycles. The lowest BCUT2D eigenvalue weighted by Crippen LogP contribution is -2.10. The van der Waals surface area contributed by atoms with E-state index in [2.05, 4.69) is 0 Å². The molecule has 2 aromatic rings. The topological polar surface area (TPSA) is 61.8 Å². The standard InChI is InChI=1S/C19H16O5/c1-11(2)18-17(20)13-9-8-12(10-16(13)24-18)23-19(21)14-6-4-5-7-15(14)22-3/h4-10H,1-3H3. The lowest BCUT2D eigenvalue weighted by Gasteiger charge is -2.08. The zero-order valence-corrected chi connectivity index (χ0v) is 13.6. The number of carbonyl (C=O) groups excluding carboxylic acids is 2. The van der Waals surface area contributed by atoms with Gasteiger partial charge in [0.05, 0.1) is 12.7 Å². The zero-order valence-electron chi connectivity index (χ0n) is 13.6. The molecule has 0 fully saturated rings. The molecule has 0 amide bonds. The molecule has 0 unspecified atom stereocenters. The molecule has 1 aliphatic rings. The van der Waals surface area contributed by atoms with Gasteiger partial charge in [0, 0.05) is 6.07 Å². The van der Waals surface area contributed by atoms with E-state index < -0.39 is 5.97 Å². The van der Waals surface area contributed by atoms with E-state index in [-0.39, 0.29) is 5.78 Å². The van der Waals surface area contributed by atoms with Crippen LogP contribution in [0.1, 0.15) is 34.6 Å². The number of benzene rings is 2. The van der Waals surface area contributed by atoms with Gasteiger partial charge in [0.25, 0.3) is 0 Å². The number of hydrogen-bond acceptors (Lipinski definition) is 5. The first-order valence-electron chi connectivity index (χ1n) is 7.40. The molecule has 3 rings (SSSR count). The molecular formula is C19H16O5. The van der Waals surface area contributed by atoms with Gasteiger partial charge in [0.1, 0.15) is 22.8 Å². The molecule has 0 aromatic heterocycles. The van der Waals surface area contributed by atoms with Gasteiger partial charge in [-0.3, -0.25) is 4.79 Å². The van der Waals surface area contributed by atoms with Crippen LogP contribution in [0.3, 0.4) is 0 Å². The highest BCUT2D eigenvalue weighted by Crippen LogP contribution is 2.35. The van der Waals surface area contributed by atoms with E-state index in [0.29, 0.717) is 34.1 Å². The molecule has 0 atom stereocenters. The van der Waals surface area contributed by atoms with Gasteiger partial charge >= 0.3 is 5.97 Å². The van der Waals surface area contributed by atoms with Crippen LogP contribution in [0.5, 0.6) is 17.2 Å². The Balaban J connectivity index is 1.86. The van der Waals surface area contributed by atoms with Gasteiger partial charge in [0.2, 0.25) is 5.78 Å². The summed E-state index contributed by atoms with van der Waals surface area (Å²) in [6, 6.07) is 11.5. The van der Waals surface area contributed by atoms with Crippen LogP contribution in [0, 0.1) is 0 Å². The fourth-order valence-electron chi connectivity index (χ4n) is 2.42. The van der Waals surface area contributed by atoms with Crippen molar-refractivity contribution < 1.29 is 23.8 Å². The van der Waals surface area contributed by atoms with Crippen LogP contribution in [0.15, 0.2) is 53.8 Å². The predicted molar refractivity (Wildman–Crippen MR) is 87.7 cm³/mol. The SMILES string of the molecule is COc1ccccc1C(=O)Oc1ccc2c(c1)OC(=C(C)C)C2=O. The molecule has 5 heteroatoms. The first kappa shape index (κ1) is 15.8. The number of para-hydroxylation sites is 1. The highest BCUT2D eigenvalue weighted by atomic mass is 16.5. The second kappa shape index (κ2) is 6.20. The molecule has 24 heavy (non-hydrogen) atoms. The van der Waals surface area contributed by atoms with E-state index in [0.717, 1.165) is 5.57 Å². The van der Waals surface area contributed by atoms with Crippen molar-refractivity contribution in [2.75, 3.05) is 7.11 Å². The Morgan fingerprint density at radius 2 is 1.83 bits per heavy atom. The Labute approximate surface area is 139 Å². The molecule has 0 saturated heterocycles. The Bertz CT molecular complexity index is 860. The maximum absolute atomic E-state index is 12.3. The largest absolute Gasteiger partial charge is 0.496 e. The summed E-state index contributed by atoms with van der Waals surface area (Å²) in [5.74, 6) is 0.737. The Morgan fingerprint density at radius 3 is 2.54 bits per heavy atom. The second-order valence-corrected chi connectivity index (χ2v) is 5.51. The maximum Gasteiger partial charge on any atom is 0.347 e. The van der Waals surface area contributed by atoms with E-state index in [9.17, 15) is 9.59 Å². The molecule has 5 nitrogen and oxygen atoms in total. The molecule has 1 heterocycles. The summed E-state index contributed by atoms with van der Waals surface area (Å²) in [6.45, 7) is 3.61. The number of hydrogen-bond donors (Lipinski definition) is 0. The number of allylic oxidation sites excluding steroid dienone is 2. The molecule has 1 aliphatic heterocycles. The van der Waals surface area contributed by atoms with Crippen molar-refractivity contribution in [3.05, 3.63) is 64.9 Å². The number of methoxy groups -OCH3 is 1. The first-order chi connectivity index (χ1) is 11.5. The van der Waals surface area contributed by atoms with Crippen molar-refractivity contribution in [3.8, 4) is 17.2 Å². The van der Waals surface area contributed by atoms with Crippen molar-refractivity contribution in [1.82, 2.24) is 0 Å². The third-order valence-corrected chi connectivity index (χ3v) is 3.61. The number of esters is 1. The molecule has 0 saturated carbocycles. The minimum Gasteiger partial charge on any atom is -0.496 e. The van der Waals surface area contributed by atoms with Crippen molar-refractivity contribution >= 4 is 11.8 Å². The average molecular weight is 324 g/mol. The number of carbonyl (C=O) groups is 2. The van der Waals surface area contributed by atoms with Gasteiger partial charge in [-0.15, -0.1) is 0 Å². The van der Waals surface area contributed by atoms with Crippen molar-refractivity contribution in [2.24, 2.45) is 0 Å². The maximum atomic E-state index is 12.3. The van der Waals surface area contributed by atoms with Crippen LogP contribution in [-0.2, 0) is 0 Å². The van der Waals surface area contributed by atoms with E-state index >= 15 is 0 Å². The summed E-state index contributed by atoms with van der Waals surface area (Å²) < 4.78 is 16.1. The third kappa shape index (κ3) is 2.76. The molecule has 0 bridgehead atoms. The number of fused-ring (bicyclic) bond motifs is 1. The van der Waals surface area contributed by atoms with Crippen LogP contribution in [-0.4, -0.2) is 18.9 Å². The van der Waals surface area contributed by atoms with E-state index in [1.807, 2.05) is 13.8 Å². The minimum absolute atomic E-state index is 0.160. The summed E-state index contributed by atoms with van der Waals surface area (Å²) in [7, 11) is 1.49. The quantitative estimate of drug-likeness (QED) is 0.488. The third-order valence-electron chi connectivity index (χ3n) is 3.61. The van der Waals surface area contributed by atoms with Crippen LogP contribution in [0.4, 0.5) is 0 Å². The molecule has 2 aromatic carbocycles. The van der Waals surface area contributed by atoms with Gasteiger partial charge in [-0.05, 0) is 43.7 Å². The molecule has 0 radical (unpaired) electrons. The zero-order chi connectivity index (χ0) is 17.3. The minimum atomic E-state index is -0.542. The van der Waals surface area contributed by atoms with Gasteiger partial charge in [-0.2, -0.15) is 0 Å². The van der Waals surface area contributed by atoms with E-state index in [1.165, 1.54) is 13.2 Å². The number of rotatable bonds is 3. The predicted octanol–water partition coefficient (Wildman–Crippen LogP) is 3.78. The van der Waals surface area contributed by atoms with Crippen molar-refractivity contribution in [3.63, 3.8) is 0 Å². The van der Waals surface area contributed by atoms with Gasteiger partial charge in [-0.25, -0.2) is 4.79 Å². The second-order valence-electron chi connectivity index (χ2n) is 5.51. The van der Waals surface area contributed by atoms with Gasteiger partial charge in [0.15, 0.2) is 5.76 Å². The molecule has 0 N–H and O–H groups in total. The van der Waals surface area contributed by atoms with Gasteiger partial charge < -0.3 is 14.2 Å². The average Bonchev–Trinajstić information content (AvgIpc) is 2.91. The Morgan fingerprint density at radius 1 is 1.08 bits per heavy atom. The molecule has 0 spiro atoms. The summed E-state index contributed by atoms with van der Waals surface area (Å²) in [4.78, 5) is 24.5. The first-order valence-corrected chi connectivity index (χ1v) is 7.40. The number of ether oxygens (including phenoxy) is 3. The van der Waals surface area contributed by atoms with Crippen LogP contribution in [0.25, 0.3) is 0 Å². The van der Waals surface area contributed by atoms with E-state index in [4.69, 9.17) is 14.2 Å². The Kier molecular flexibility index (Phi) is 4.08.